The molecule has 0 aromatic carbocycles. The maximum Gasteiger partial charge on any atom is 0.268 e. The number of quaternary nitrogens is 1. The van der Waals surface area contributed by atoms with Crippen LogP contribution in [0.4, 0.5) is 0 Å². The topological polar surface area (TPSA) is 71.1 Å². The molecule has 0 aromatic rings. The second-order valence-electron chi connectivity index (χ2n) is 4.55. The molecule has 0 N–H and O–H groups in total. The molecule has 1 aliphatic heterocycles. The lowest BCUT2D eigenvalue weighted by Gasteiger charge is -2.27. The predicted molar refractivity (Wildman–Crippen MR) is 52.1 cm³/mol. The first-order valence-electron chi connectivity index (χ1n) is 4.81. The Morgan fingerprint density at radius 2 is 2.07 bits per heavy atom. The van der Waals surface area contributed by atoms with Crippen molar-refractivity contribution in [1.29, 1.82) is 0 Å². The van der Waals surface area contributed by atoms with Crippen molar-refractivity contribution in [2.75, 3.05) is 47.5 Å². The van der Waals surface area contributed by atoms with Gasteiger partial charge in [0.1, 0.15) is 19.3 Å². The SMILES string of the molecule is C[N+](C)(C)CCOP(=O)([O-])OCC1CO1. The number of ether oxygens (including phenoxy) is 1. The Balaban J connectivity index is 2.14. The highest BCUT2D eigenvalue weighted by Gasteiger charge is 2.25. The van der Waals surface area contributed by atoms with Crippen molar-refractivity contribution in [3.63, 3.8) is 0 Å². The van der Waals surface area contributed by atoms with Crippen LogP contribution in [0.2, 0.25) is 0 Å². The van der Waals surface area contributed by atoms with Crippen LogP contribution in [0.3, 0.4) is 0 Å². The van der Waals surface area contributed by atoms with Gasteiger partial charge in [0.2, 0.25) is 0 Å². The van der Waals surface area contributed by atoms with Gasteiger partial charge >= 0.3 is 0 Å². The summed E-state index contributed by atoms with van der Waals surface area (Å²) >= 11 is 0. The first-order valence-corrected chi connectivity index (χ1v) is 6.27. The summed E-state index contributed by atoms with van der Waals surface area (Å²) in [7, 11) is 1.74. The van der Waals surface area contributed by atoms with Gasteiger partial charge in [0.15, 0.2) is 0 Å². The van der Waals surface area contributed by atoms with Crippen LogP contribution in [0.5, 0.6) is 0 Å². The summed E-state index contributed by atoms with van der Waals surface area (Å²) in [5.41, 5.74) is 0. The Labute approximate surface area is 89.9 Å². The van der Waals surface area contributed by atoms with E-state index in [-0.39, 0.29) is 19.3 Å². The van der Waals surface area contributed by atoms with Crippen LogP contribution in [-0.4, -0.2) is 58.1 Å². The number of likely N-dealkylation sites (N-methyl/N-ethyl adjacent to an activating group) is 1. The summed E-state index contributed by atoms with van der Waals surface area (Å²) in [4.78, 5) is 11.2. The Morgan fingerprint density at radius 3 is 2.53 bits per heavy atom. The monoisotopic (exact) mass is 239 g/mol. The Hall–Kier alpha value is 0.0300. The predicted octanol–water partition coefficient (Wildman–Crippen LogP) is -0.407. The Morgan fingerprint density at radius 1 is 1.47 bits per heavy atom. The second kappa shape index (κ2) is 4.91. The highest BCUT2D eigenvalue weighted by atomic mass is 31.2. The number of phosphoric acid groups is 1. The molecule has 0 bridgehead atoms. The van der Waals surface area contributed by atoms with Gasteiger partial charge in [0.25, 0.3) is 7.82 Å². The molecule has 2 atom stereocenters. The summed E-state index contributed by atoms with van der Waals surface area (Å²) < 4.78 is 25.9. The molecule has 6 nitrogen and oxygen atoms in total. The van der Waals surface area contributed by atoms with Gasteiger partial charge in [-0.1, -0.05) is 0 Å². The highest BCUT2D eigenvalue weighted by Crippen LogP contribution is 2.38. The third-order valence-electron chi connectivity index (χ3n) is 1.83. The standard InChI is InChI=1S/C8H18NO5P/c1-9(2,3)4-5-13-15(10,11)14-7-8-6-12-8/h8H,4-7H2,1-3H3. The van der Waals surface area contributed by atoms with Crippen LogP contribution >= 0.6 is 7.82 Å². The fourth-order valence-corrected chi connectivity index (χ4v) is 1.53. The molecular formula is C8H18NO5P. The van der Waals surface area contributed by atoms with Crippen LogP contribution in [0.1, 0.15) is 0 Å². The summed E-state index contributed by atoms with van der Waals surface area (Å²) in [6.45, 7) is 1.37. The summed E-state index contributed by atoms with van der Waals surface area (Å²) in [5.74, 6) is 0. The average Bonchev–Trinajstić information content (AvgIpc) is 2.80. The lowest BCUT2D eigenvalue weighted by molar-refractivity contribution is -0.870. The van der Waals surface area contributed by atoms with E-state index < -0.39 is 7.82 Å². The first kappa shape index (κ1) is 13.1. The fourth-order valence-electron chi connectivity index (χ4n) is 0.802. The van der Waals surface area contributed by atoms with Gasteiger partial charge in [0, 0.05) is 0 Å². The van der Waals surface area contributed by atoms with E-state index in [4.69, 9.17) is 9.26 Å². The molecule has 0 spiro atoms. The van der Waals surface area contributed by atoms with Gasteiger partial charge in [-0.25, -0.2) is 0 Å². The molecule has 7 heteroatoms. The molecule has 1 fully saturated rings. The van der Waals surface area contributed by atoms with Crippen LogP contribution in [0.15, 0.2) is 0 Å². The van der Waals surface area contributed by atoms with Gasteiger partial charge < -0.3 is 23.2 Å². The van der Waals surface area contributed by atoms with Crippen LogP contribution in [-0.2, 0) is 18.3 Å². The lowest BCUT2D eigenvalue weighted by atomic mass is 10.5. The maximum absolute atomic E-state index is 11.2. The second-order valence-corrected chi connectivity index (χ2v) is 5.96. The number of hydrogen-bond donors (Lipinski definition) is 0. The van der Waals surface area contributed by atoms with Crippen LogP contribution in [0.25, 0.3) is 0 Å². The molecule has 1 aliphatic rings. The summed E-state index contributed by atoms with van der Waals surface area (Å²) in [5, 5.41) is 0. The van der Waals surface area contributed by atoms with Gasteiger partial charge in [-0.15, -0.1) is 0 Å². The molecule has 1 rings (SSSR count). The van der Waals surface area contributed by atoms with Crippen molar-refractivity contribution in [3.05, 3.63) is 0 Å². The van der Waals surface area contributed by atoms with E-state index in [0.29, 0.717) is 17.6 Å². The van der Waals surface area contributed by atoms with Crippen molar-refractivity contribution in [1.82, 2.24) is 0 Å². The normalized spacial score (nSPS) is 24.9. The van der Waals surface area contributed by atoms with E-state index in [0.717, 1.165) is 0 Å². The van der Waals surface area contributed by atoms with E-state index in [9.17, 15) is 9.46 Å². The van der Waals surface area contributed by atoms with E-state index in [1.54, 1.807) is 0 Å². The number of hydrogen-bond acceptors (Lipinski definition) is 5. The largest absolute Gasteiger partial charge is 0.756 e. The summed E-state index contributed by atoms with van der Waals surface area (Å²) in [6.07, 6.45) is -0.0747. The molecule has 15 heavy (non-hydrogen) atoms. The van der Waals surface area contributed by atoms with Gasteiger partial charge in [-0.3, -0.25) is 4.57 Å². The molecule has 0 aromatic heterocycles. The van der Waals surface area contributed by atoms with Gasteiger partial charge in [-0.2, -0.15) is 0 Å². The fraction of sp³-hybridized carbons (Fsp3) is 1.00. The molecule has 1 heterocycles. The van der Waals surface area contributed by atoms with E-state index in [1.165, 1.54) is 0 Å². The minimum Gasteiger partial charge on any atom is -0.756 e. The summed E-state index contributed by atoms with van der Waals surface area (Å²) in [6, 6.07) is 0. The minimum absolute atomic E-state index is 0.0607. The number of phosphoric ester groups is 1. The average molecular weight is 239 g/mol. The first-order chi connectivity index (χ1) is 6.79. The molecule has 0 aliphatic carbocycles. The quantitative estimate of drug-likeness (QED) is 0.343. The van der Waals surface area contributed by atoms with Crippen molar-refractivity contribution in [2.45, 2.75) is 6.10 Å². The van der Waals surface area contributed by atoms with E-state index in [2.05, 4.69) is 4.52 Å². The molecular weight excluding hydrogens is 221 g/mol. The van der Waals surface area contributed by atoms with Crippen molar-refractivity contribution < 1.29 is 27.7 Å². The molecule has 0 saturated carbocycles. The lowest BCUT2D eigenvalue weighted by Crippen LogP contribution is -2.37. The molecule has 90 valence electrons. The third-order valence-corrected chi connectivity index (χ3v) is 2.80. The zero-order valence-electron chi connectivity index (χ0n) is 9.34. The van der Waals surface area contributed by atoms with Crippen molar-refractivity contribution in [2.24, 2.45) is 0 Å². The van der Waals surface area contributed by atoms with Crippen molar-refractivity contribution in [3.8, 4) is 0 Å². The zero-order valence-corrected chi connectivity index (χ0v) is 10.2. The minimum atomic E-state index is -4.13. The van der Waals surface area contributed by atoms with Crippen LogP contribution < -0.4 is 4.89 Å². The van der Waals surface area contributed by atoms with Gasteiger partial charge in [-0.05, 0) is 0 Å². The van der Waals surface area contributed by atoms with Crippen molar-refractivity contribution >= 4 is 7.82 Å². The van der Waals surface area contributed by atoms with Crippen LogP contribution in [0, 0.1) is 0 Å². The Bertz CT molecular complexity index is 248. The third kappa shape index (κ3) is 7.00. The zero-order chi connectivity index (χ0) is 11.5. The van der Waals surface area contributed by atoms with E-state index >= 15 is 0 Å². The smallest absolute Gasteiger partial charge is 0.268 e. The Kier molecular flexibility index (Phi) is 4.29. The highest BCUT2D eigenvalue weighted by molar-refractivity contribution is 7.45. The maximum atomic E-state index is 11.2. The number of rotatable bonds is 7. The van der Waals surface area contributed by atoms with Gasteiger partial charge in [0.05, 0.1) is 34.4 Å². The van der Waals surface area contributed by atoms with E-state index in [1.807, 2.05) is 21.1 Å². The number of epoxide rings is 1. The molecule has 2 unspecified atom stereocenters. The molecule has 0 amide bonds. The number of nitrogens with zero attached hydrogens (tertiary/aromatic N) is 1. The molecule has 0 radical (unpaired) electrons. The molecule has 1 saturated heterocycles.